The number of carbonyl (C=O) groups is 2. The summed E-state index contributed by atoms with van der Waals surface area (Å²) in [6.45, 7) is 3.83. The second-order valence-corrected chi connectivity index (χ2v) is 6.59. The van der Waals surface area contributed by atoms with Gasteiger partial charge < -0.3 is 14.8 Å². The molecule has 2 aromatic rings. The summed E-state index contributed by atoms with van der Waals surface area (Å²) < 4.78 is 11.6. The fourth-order valence-electron chi connectivity index (χ4n) is 2.28. The quantitative estimate of drug-likeness (QED) is 0.367. The van der Waals surface area contributed by atoms with Crippen LogP contribution in [0, 0.1) is 5.92 Å². The highest BCUT2D eigenvalue weighted by molar-refractivity contribution is 9.10. The van der Waals surface area contributed by atoms with E-state index < -0.39 is 17.7 Å². The van der Waals surface area contributed by atoms with Crippen LogP contribution in [0.4, 0.5) is 5.69 Å². The number of hydrogen-bond acceptors (Lipinski definition) is 5. The maximum Gasteiger partial charge on any atom is 0.252 e. The number of hydrogen-bond donors (Lipinski definition) is 2. The molecular formula is C20H22BrN3O4. The van der Waals surface area contributed by atoms with E-state index in [9.17, 15) is 9.59 Å². The molecule has 0 saturated heterocycles. The molecule has 28 heavy (non-hydrogen) atoms. The summed E-state index contributed by atoms with van der Waals surface area (Å²) in [6, 6.07) is 12.5. The number of para-hydroxylation sites is 2. The maximum atomic E-state index is 12.3. The second-order valence-electron chi connectivity index (χ2n) is 5.74. The number of methoxy groups -OCH3 is 1. The lowest BCUT2D eigenvalue weighted by molar-refractivity contribution is -0.131. The van der Waals surface area contributed by atoms with Crippen molar-refractivity contribution in [1.82, 2.24) is 5.43 Å². The molecule has 2 amide bonds. The number of rotatable bonds is 8. The van der Waals surface area contributed by atoms with E-state index in [1.807, 2.05) is 13.0 Å². The normalized spacial score (nSPS) is 11.7. The number of hydrazone groups is 1. The standard InChI is InChI=1S/C20H22BrN3O4/c1-4-28-18-14(8-7-11-17(18)27-3)12-22-24-20(26)13(2)19(25)23-16-10-6-5-9-15(16)21/h5-13H,4H2,1-3H3,(H,23,25)(H,24,26). The van der Waals surface area contributed by atoms with Crippen molar-refractivity contribution in [2.24, 2.45) is 11.0 Å². The predicted octanol–water partition coefficient (Wildman–Crippen LogP) is 3.58. The van der Waals surface area contributed by atoms with Crippen molar-refractivity contribution in [2.75, 3.05) is 19.0 Å². The Kier molecular flexibility index (Phi) is 8.01. The Morgan fingerprint density at radius 1 is 1.18 bits per heavy atom. The fourth-order valence-corrected chi connectivity index (χ4v) is 2.66. The predicted molar refractivity (Wildman–Crippen MR) is 112 cm³/mol. The minimum atomic E-state index is -0.930. The van der Waals surface area contributed by atoms with Gasteiger partial charge in [-0.1, -0.05) is 18.2 Å². The number of halogens is 1. The Labute approximate surface area is 172 Å². The van der Waals surface area contributed by atoms with Crippen molar-refractivity contribution in [3.8, 4) is 11.5 Å². The molecule has 2 aromatic carbocycles. The minimum Gasteiger partial charge on any atom is -0.493 e. The summed E-state index contributed by atoms with van der Waals surface area (Å²) in [4.78, 5) is 24.5. The Balaban J connectivity index is 2.01. The largest absolute Gasteiger partial charge is 0.493 e. The average molecular weight is 448 g/mol. The Morgan fingerprint density at radius 2 is 1.93 bits per heavy atom. The van der Waals surface area contributed by atoms with Crippen LogP contribution < -0.4 is 20.2 Å². The van der Waals surface area contributed by atoms with Gasteiger partial charge in [-0.15, -0.1) is 0 Å². The van der Waals surface area contributed by atoms with E-state index in [0.717, 1.165) is 4.47 Å². The number of carbonyl (C=O) groups excluding carboxylic acids is 2. The first-order valence-corrected chi connectivity index (χ1v) is 9.45. The minimum absolute atomic E-state index is 0.434. The van der Waals surface area contributed by atoms with E-state index in [2.05, 4.69) is 31.8 Å². The summed E-state index contributed by atoms with van der Waals surface area (Å²) in [7, 11) is 1.55. The fraction of sp³-hybridized carbons (Fsp3) is 0.250. The number of nitrogens with zero attached hydrogens (tertiary/aromatic N) is 1. The summed E-state index contributed by atoms with van der Waals surface area (Å²) in [5.74, 6) is -0.790. The van der Waals surface area contributed by atoms with Crippen LogP contribution in [0.25, 0.3) is 0 Å². The van der Waals surface area contributed by atoms with Gasteiger partial charge in [-0.05, 0) is 54.0 Å². The van der Waals surface area contributed by atoms with E-state index in [0.29, 0.717) is 29.4 Å². The molecule has 0 aliphatic carbocycles. The van der Waals surface area contributed by atoms with E-state index >= 15 is 0 Å². The zero-order valence-corrected chi connectivity index (χ0v) is 17.4. The summed E-state index contributed by atoms with van der Waals surface area (Å²) in [5, 5.41) is 6.64. The second kappa shape index (κ2) is 10.5. The van der Waals surface area contributed by atoms with E-state index in [-0.39, 0.29) is 0 Å². The van der Waals surface area contributed by atoms with Crippen LogP contribution in [0.2, 0.25) is 0 Å². The van der Waals surface area contributed by atoms with E-state index in [4.69, 9.17) is 9.47 Å². The monoisotopic (exact) mass is 447 g/mol. The Hall–Kier alpha value is -2.87. The lowest BCUT2D eigenvalue weighted by Crippen LogP contribution is -2.34. The summed E-state index contributed by atoms with van der Waals surface area (Å²) in [5.41, 5.74) is 3.62. The lowest BCUT2D eigenvalue weighted by Gasteiger charge is -2.12. The summed E-state index contributed by atoms with van der Waals surface area (Å²) >= 11 is 3.35. The first-order chi connectivity index (χ1) is 13.5. The molecule has 0 saturated carbocycles. The van der Waals surface area contributed by atoms with Crippen molar-refractivity contribution in [3.63, 3.8) is 0 Å². The Morgan fingerprint density at radius 3 is 2.61 bits per heavy atom. The van der Waals surface area contributed by atoms with E-state index in [1.54, 1.807) is 43.5 Å². The van der Waals surface area contributed by atoms with Crippen LogP contribution in [0.5, 0.6) is 11.5 Å². The molecule has 0 radical (unpaired) electrons. The number of nitrogens with one attached hydrogen (secondary N) is 2. The lowest BCUT2D eigenvalue weighted by atomic mass is 10.1. The van der Waals surface area contributed by atoms with Crippen LogP contribution >= 0.6 is 15.9 Å². The Bertz CT molecular complexity index is 870. The molecule has 2 N–H and O–H groups in total. The molecule has 8 heteroatoms. The van der Waals surface area contributed by atoms with Crippen molar-refractivity contribution in [3.05, 3.63) is 52.5 Å². The van der Waals surface area contributed by atoms with Gasteiger partial charge in [0.1, 0.15) is 5.92 Å². The molecule has 0 aliphatic rings. The van der Waals surface area contributed by atoms with Crippen molar-refractivity contribution in [2.45, 2.75) is 13.8 Å². The van der Waals surface area contributed by atoms with Crippen LogP contribution in [0.3, 0.4) is 0 Å². The highest BCUT2D eigenvalue weighted by Gasteiger charge is 2.21. The third kappa shape index (κ3) is 5.56. The number of ether oxygens (including phenoxy) is 2. The van der Waals surface area contributed by atoms with Gasteiger partial charge in [-0.25, -0.2) is 5.43 Å². The van der Waals surface area contributed by atoms with Gasteiger partial charge in [0.15, 0.2) is 11.5 Å². The molecular weight excluding hydrogens is 426 g/mol. The average Bonchev–Trinajstić information content (AvgIpc) is 2.70. The molecule has 0 spiro atoms. The first kappa shape index (κ1) is 21.4. The van der Waals surface area contributed by atoms with Gasteiger partial charge in [0, 0.05) is 10.0 Å². The third-order valence-corrected chi connectivity index (χ3v) is 4.51. The highest BCUT2D eigenvalue weighted by Crippen LogP contribution is 2.29. The molecule has 1 atom stereocenters. The van der Waals surface area contributed by atoms with Gasteiger partial charge in [0.25, 0.3) is 5.91 Å². The van der Waals surface area contributed by atoms with Crippen molar-refractivity contribution < 1.29 is 19.1 Å². The SMILES string of the molecule is CCOc1c(C=NNC(=O)C(C)C(=O)Nc2ccccc2Br)cccc1OC. The molecule has 148 valence electrons. The smallest absolute Gasteiger partial charge is 0.252 e. The van der Waals surface area contributed by atoms with Crippen LogP contribution in [0.1, 0.15) is 19.4 Å². The zero-order chi connectivity index (χ0) is 20.5. The van der Waals surface area contributed by atoms with Crippen molar-refractivity contribution >= 4 is 39.6 Å². The van der Waals surface area contributed by atoms with Crippen LogP contribution in [-0.2, 0) is 9.59 Å². The van der Waals surface area contributed by atoms with Gasteiger partial charge in [0.05, 0.1) is 25.6 Å². The summed E-state index contributed by atoms with van der Waals surface area (Å²) in [6.07, 6.45) is 1.45. The van der Waals surface area contributed by atoms with Gasteiger partial charge in [0.2, 0.25) is 5.91 Å². The topological polar surface area (TPSA) is 89.0 Å². The van der Waals surface area contributed by atoms with Gasteiger partial charge in [-0.2, -0.15) is 5.10 Å². The van der Waals surface area contributed by atoms with Crippen LogP contribution in [-0.4, -0.2) is 31.7 Å². The maximum absolute atomic E-state index is 12.3. The van der Waals surface area contributed by atoms with E-state index in [1.165, 1.54) is 13.1 Å². The number of amides is 2. The molecule has 0 heterocycles. The highest BCUT2D eigenvalue weighted by atomic mass is 79.9. The molecule has 0 bridgehead atoms. The first-order valence-electron chi connectivity index (χ1n) is 8.66. The molecule has 7 nitrogen and oxygen atoms in total. The zero-order valence-electron chi connectivity index (χ0n) is 15.9. The molecule has 0 aromatic heterocycles. The van der Waals surface area contributed by atoms with Gasteiger partial charge >= 0.3 is 0 Å². The molecule has 0 aliphatic heterocycles. The molecule has 0 fully saturated rings. The third-order valence-electron chi connectivity index (χ3n) is 3.81. The number of anilines is 1. The van der Waals surface area contributed by atoms with Crippen LogP contribution in [0.15, 0.2) is 52.0 Å². The molecule has 2 rings (SSSR count). The molecule has 1 unspecified atom stereocenters. The van der Waals surface area contributed by atoms with Crippen molar-refractivity contribution in [1.29, 1.82) is 0 Å². The van der Waals surface area contributed by atoms with Gasteiger partial charge in [-0.3, -0.25) is 9.59 Å². The number of benzene rings is 2.